The standard InChI is InChI=1S/C12H14ClN3O3S/c1-14-11(17)10-8-5-15-6-12(8,10)20(18,19)7-2-3-9(13)16-4-7/h2-4,8,10,15H,5-6H2,1H3,(H,14,17). The Balaban J connectivity index is 2.03. The molecule has 1 aromatic rings. The summed E-state index contributed by atoms with van der Waals surface area (Å²) in [5.41, 5.74) is 0. The van der Waals surface area contributed by atoms with Crippen LogP contribution in [-0.2, 0) is 14.6 Å². The summed E-state index contributed by atoms with van der Waals surface area (Å²) in [4.78, 5) is 15.8. The second-order valence-electron chi connectivity index (χ2n) is 5.10. The molecule has 1 amide bonds. The molecular formula is C12H14ClN3O3S. The Hall–Kier alpha value is -1.18. The first kappa shape index (κ1) is 13.8. The van der Waals surface area contributed by atoms with Crippen molar-refractivity contribution in [1.29, 1.82) is 0 Å². The van der Waals surface area contributed by atoms with Gasteiger partial charge < -0.3 is 10.6 Å². The molecule has 2 fully saturated rings. The molecule has 1 aliphatic carbocycles. The maximum atomic E-state index is 12.8. The minimum absolute atomic E-state index is 0.113. The number of amides is 1. The lowest BCUT2D eigenvalue weighted by atomic mass is 10.2. The van der Waals surface area contributed by atoms with Gasteiger partial charge in [-0.2, -0.15) is 0 Å². The van der Waals surface area contributed by atoms with Crippen molar-refractivity contribution in [3.8, 4) is 0 Å². The number of hydrogen-bond acceptors (Lipinski definition) is 5. The quantitative estimate of drug-likeness (QED) is 0.757. The zero-order valence-corrected chi connectivity index (χ0v) is 12.3. The van der Waals surface area contributed by atoms with Crippen LogP contribution in [0.5, 0.6) is 0 Å². The van der Waals surface area contributed by atoms with Crippen molar-refractivity contribution in [2.24, 2.45) is 11.8 Å². The molecule has 3 atom stereocenters. The zero-order chi connectivity index (χ0) is 14.5. The molecule has 0 aromatic carbocycles. The fourth-order valence-corrected chi connectivity index (χ4v) is 5.65. The molecule has 0 bridgehead atoms. The number of nitrogens with one attached hydrogen (secondary N) is 2. The van der Waals surface area contributed by atoms with Crippen molar-refractivity contribution in [1.82, 2.24) is 15.6 Å². The third-order valence-corrected chi connectivity index (χ3v) is 7.04. The van der Waals surface area contributed by atoms with E-state index in [4.69, 9.17) is 11.6 Å². The van der Waals surface area contributed by atoms with Crippen LogP contribution in [0.25, 0.3) is 0 Å². The topological polar surface area (TPSA) is 88.2 Å². The predicted molar refractivity (Wildman–Crippen MR) is 73.1 cm³/mol. The summed E-state index contributed by atoms with van der Waals surface area (Å²) in [7, 11) is -2.11. The number of nitrogens with zero attached hydrogens (tertiary/aromatic N) is 1. The Morgan fingerprint density at radius 3 is 2.90 bits per heavy atom. The summed E-state index contributed by atoms with van der Waals surface area (Å²) in [6.07, 6.45) is 1.25. The molecule has 8 heteroatoms. The van der Waals surface area contributed by atoms with E-state index in [-0.39, 0.29) is 21.9 Å². The zero-order valence-electron chi connectivity index (χ0n) is 10.8. The van der Waals surface area contributed by atoms with Crippen molar-refractivity contribution < 1.29 is 13.2 Å². The van der Waals surface area contributed by atoms with Crippen LogP contribution in [0.2, 0.25) is 5.15 Å². The fraction of sp³-hybridized carbons (Fsp3) is 0.500. The van der Waals surface area contributed by atoms with Crippen LogP contribution >= 0.6 is 11.6 Å². The number of fused-ring (bicyclic) bond motifs is 1. The lowest BCUT2D eigenvalue weighted by Crippen LogP contribution is -2.38. The maximum Gasteiger partial charge on any atom is 0.224 e. The molecule has 1 saturated heterocycles. The average Bonchev–Trinajstić information content (AvgIpc) is 2.88. The number of sulfone groups is 1. The number of aromatic nitrogens is 1. The molecule has 2 N–H and O–H groups in total. The first-order valence-corrected chi connectivity index (χ1v) is 8.10. The van der Waals surface area contributed by atoms with Crippen LogP contribution in [0.1, 0.15) is 0 Å². The van der Waals surface area contributed by atoms with E-state index in [0.29, 0.717) is 13.1 Å². The van der Waals surface area contributed by atoms with Crippen molar-refractivity contribution in [2.45, 2.75) is 9.64 Å². The number of rotatable bonds is 3. The molecule has 6 nitrogen and oxygen atoms in total. The monoisotopic (exact) mass is 315 g/mol. The molecule has 3 rings (SSSR count). The van der Waals surface area contributed by atoms with Gasteiger partial charge in [0.1, 0.15) is 9.90 Å². The fourth-order valence-electron chi connectivity index (χ4n) is 3.21. The van der Waals surface area contributed by atoms with E-state index in [1.54, 1.807) is 0 Å². The van der Waals surface area contributed by atoms with Crippen LogP contribution in [0.4, 0.5) is 0 Å². The third kappa shape index (κ3) is 1.63. The summed E-state index contributed by atoms with van der Waals surface area (Å²) in [6.45, 7) is 0.832. The van der Waals surface area contributed by atoms with Gasteiger partial charge in [0.25, 0.3) is 0 Å². The molecule has 20 heavy (non-hydrogen) atoms. The molecule has 2 heterocycles. The summed E-state index contributed by atoms with van der Waals surface area (Å²) >= 11 is 5.69. The largest absolute Gasteiger partial charge is 0.359 e. The first-order valence-electron chi connectivity index (χ1n) is 6.23. The number of carbonyl (C=O) groups is 1. The molecule has 1 saturated carbocycles. The molecule has 3 unspecified atom stereocenters. The molecular weight excluding hydrogens is 302 g/mol. The molecule has 0 spiro atoms. The molecule has 1 aromatic heterocycles. The number of halogens is 1. The molecule has 2 aliphatic rings. The Morgan fingerprint density at radius 2 is 2.30 bits per heavy atom. The molecule has 1 aliphatic heterocycles. The minimum Gasteiger partial charge on any atom is -0.359 e. The average molecular weight is 316 g/mol. The lowest BCUT2D eigenvalue weighted by molar-refractivity contribution is -0.122. The van der Waals surface area contributed by atoms with Crippen LogP contribution in [-0.4, -0.2) is 44.2 Å². The van der Waals surface area contributed by atoms with Crippen molar-refractivity contribution in [3.05, 3.63) is 23.5 Å². The lowest BCUT2D eigenvalue weighted by Gasteiger charge is -2.15. The molecule has 0 radical (unpaired) electrons. The van der Waals surface area contributed by atoms with E-state index < -0.39 is 20.5 Å². The van der Waals surface area contributed by atoms with Crippen molar-refractivity contribution >= 4 is 27.3 Å². The van der Waals surface area contributed by atoms with E-state index >= 15 is 0 Å². The van der Waals surface area contributed by atoms with Crippen LogP contribution < -0.4 is 10.6 Å². The van der Waals surface area contributed by atoms with Gasteiger partial charge >= 0.3 is 0 Å². The van der Waals surface area contributed by atoms with Gasteiger partial charge in [-0.3, -0.25) is 4.79 Å². The van der Waals surface area contributed by atoms with Gasteiger partial charge in [-0.1, -0.05) is 11.6 Å². The second-order valence-corrected chi connectivity index (χ2v) is 7.73. The highest BCUT2D eigenvalue weighted by atomic mass is 35.5. The van der Waals surface area contributed by atoms with E-state index in [2.05, 4.69) is 15.6 Å². The first-order chi connectivity index (χ1) is 9.45. The normalized spacial score (nSPS) is 31.7. The Bertz CT molecular complexity index is 661. The highest BCUT2D eigenvalue weighted by Gasteiger charge is 2.77. The predicted octanol–water partition coefficient (Wildman–Crippen LogP) is -0.157. The van der Waals surface area contributed by atoms with Gasteiger partial charge in [-0.05, 0) is 12.1 Å². The van der Waals surface area contributed by atoms with Gasteiger partial charge in [-0.15, -0.1) is 0 Å². The minimum atomic E-state index is -3.63. The Labute approximate surface area is 121 Å². The Morgan fingerprint density at radius 1 is 1.55 bits per heavy atom. The highest BCUT2D eigenvalue weighted by Crippen LogP contribution is 2.60. The van der Waals surface area contributed by atoms with E-state index in [1.807, 2.05) is 0 Å². The number of piperidine rings is 1. The van der Waals surface area contributed by atoms with E-state index in [0.717, 1.165) is 0 Å². The maximum absolute atomic E-state index is 12.8. The summed E-state index contributed by atoms with van der Waals surface area (Å²) in [5.74, 6) is -0.889. The van der Waals surface area contributed by atoms with Gasteiger partial charge in [0, 0.05) is 32.3 Å². The van der Waals surface area contributed by atoms with Gasteiger partial charge in [0.05, 0.1) is 10.8 Å². The number of hydrogen-bond donors (Lipinski definition) is 2. The summed E-state index contributed by atoms with van der Waals surface area (Å²) in [5, 5.41) is 5.84. The third-order valence-electron chi connectivity index (χ3n) is 4.25. The van der Waals surface area contributed by atoms with Crippen LogP contribution in [0, 0.1) is 11.8 Å². The van der Waals surface area contributed by atoms with Gasteiger partial charge in [0.2, 0.25) is 5.91 Å². The second kappa shape index (κ2) is 4.41. The summed E-state index contributed by atoms with van der Waals surface area (Å²) in [6, 6.07) is 2.88. The smallest absolute Gasteiger partial charge is 0.224 e. The Kier molecular flexibility index (Phi) is 3.04. The number of pyridine rings is 1. The van der Waals surface area contributed by atoms with E-state index in [1.165, 1.54) is 25.4 Å². The van der Waals surface area contributed by atoms with Crippen LogP contribution in [0.15, 0.2) is 23.2 Å². The SMILES string of the molecule is CNC(=O)C1C2CNCC21S(=O)(=O)c1ccc(Cl)nc1. The van der Waals surface area contributed by atoms with Crippen LogP contribution in [0.3, 0.4) is 0 Å². The molecule has 108 valence electrons. The van der Waals surface area contributed by atoms with Crippen molar-refractivity contribution in [2.75, 3.05) is 20.1 Å². The van der Waals surface area contributed by atoms with Crippen molar-refractivity contribution in [3.63, 3.8) is 0 Å². The van der Waals surface area contributed by atoms with Gasteiger partial charge in [-0.25, -0.2) is 13.4 Å². The van der Waals surface area contributed by atoms with E-state index in [9.17, 15) is 13.2 Å². The number of carbonyl (C=O) groups excluding carboxylic acids is 1. The summed E-state index contributed by atoms with van der Waals surface area (Å²) < 4.78 is 24.6. The highest BCUT2D eigenvalue weighted by molar-refractivity contribution is 7.93. The van der Waals surface area contributed by atoms with Gasteiger partial charge in [0.15, 0.2) is 9.84 Å².